The normalized spacial score (nSPS) is 10.5. The van der Waals surface area contributed by atoms with Crippen LogP contribution < -0.4 is 5.73 Å². The van der Waals surface area contributed by atoms with Gasteiger partial charge in [-0.15, -0.1) is 0 Å². The van der Waals surface area contributed by atoms with Crippen molar-refractivity contribution in [3.63, 3.8) is 0 Å². The first-order chi connectivity index (χ1) is 7.11. The Balaban J connectivity index is 2.90. The van der Waals surface area contributed by atoms with Gasteiger partial charge in [0.2, 0.25) is 5.15 Å². The summed E-state index contributed by atoms with van der Waals surface area (Å²) in [5, 5.41) is 10.9. The Kier molecular flexibility index (Phi) is 2.12. The molecule has 0 bridgehead atoms. The van der Waals surface area contributed by atoms with Gasteiger partial charge in [0.15, 0.2) is 0 Å². The second-order valence-corrected chi connectivity index (χ2v) is 3.17. The minimum absolute atomic E-state index is 0.0110. The van der Waals surface area contributed by atoms with Crippen LogP contribution in [-0.2, 0) is 0 Å². The number of hydrogen-bond acceptors (Lipinski definition) is 5. The summed E-state index contributed by atoms with van der Waals surface area (Å²) in [7, 11) is 0. The molecule has 0 atom stereocenters. The van der Waals surface area contributed by atoms with Gasteiger partial charge in [-0.1, -0.05) is 11.6 Å². The van der Waals surface area contributed by atoms with Gasteiger partial charge in [-0.2, -0.15) is 0 Å². The molecule has 0 spiro atoms. The zero-order valence-corrected chi connectivity index (χ0v) is 8.10. The van der Waals surface area contributed by atoms with Crippen molar-refractivity contribution in [1.82, 2.24) is 9.97 Å². The maximum absolute atomic E-state index is 10.7. The van der Waals surface area contributed by atoms with Crippen molar-refractivity contribution in [1.29, 1.82) is 0 Å². The SMILES string of the molecule is Nc1c([N+](=O)[O-])c(Cl)nc2ccncc12. The molecule has 0 unspecified atom stereocenters. The molecule has 2 aromatic rings. The molecule has 15 heavy (non-hydrogen) atoms. The highest BCUT2D eigenvalue weighted by atomic mass is 35.5. The summed E-state index contributed by atoms with van der Waals surface area (Å²) in [6, 6.07) is 1.58. The van der Waals surface area contributed by atoms with E-state index >= 15 is 0 Å². The fourth-order valence-electron chi connectivity index (χ4n) is 1.26. The number of hydrogen-bond donors (Lipinski definition) is 1. The van der Waals surface area contributed by atoms with E-state index in [1.54, 1.807) is 6.07 Å². The van der Waals surface area contributed by atoms with Crippen LogP contribution in [0.5, 0.6) is 0 Å². The van der Waals surface area contributed by atoms with E-state index in [-0.39, 0.29) is 16.5 Å². The smallest absolute Gasteiger partial charge is 0.329 e. The first kappa shape index (κ1) is 9.60. The molecule has 2 rings (SSSR count). The summed E-state index contributed by atoms with van der Waals surface area (Å²) in [6.07, 6.45) is 2.93. The van der Waals surface area contributed by atoms with E-state index in [0.717, 1.165) is 0 Å². The van der Waals surface area contributed by atoms with E-state index in [9.17, 15) is 10.1 Å². The van der Waals surface area contributed by atoms with Crippen molar-refractivity contribution in [2.45, 2.75) is 0 Å². The Morgan fingerprint density at radius 3 is 2.93 bits per heavy atom. The molecular formula is C8H5ClN4O2. The van der Waals surface area contributed by atoms with Gasteiger partial charge in [0.25, 0.3) is 0 Å². The maximum atomic E-state index is 10.7. The molecule has 2 aromatic heterocycles. The van der Waals surface area contributed by atoms with Crippen LogP contribution in [0.25, 0.3) is 10.9 Å². The Hall–Kier alpha value is -1.95. The number of pyridine rings is 2. The molecular weight excluding hydrogens is 220 g/mol. The Morgan fingerprint density at radius 1 is 1.53 bits per heavy atom. The molecule has 0 aliphatic carbocycles. The molecule has 2 heterocycles. The fourth-order valence-corrected chi connectivity index (χ4v) is 1.53. The highest BCUT2D eigenvalue weighted by molar-refractivity contribution is 6.32. The lowest BCUT2D eigenvalue weighted by Gasteiger charge is -2.02. The van der Waals surface area contributed by atoms with Crippen molar-refractivity contribution in [3.05, 3.63) is 33.7 Å². The lowest BCUT2D eigenvalue weighted by molar-refractivity contribution is -0.383. The molecule has 0 aliphatic heterocycles. The second-order valence-electron chi connectivity index (χ2n) is 2.81. The second kappa shape index (κ2) is 3.32. The molecule has 0 amide bonds. The number of rotatable bonds is 1. The van der Waals surface area contributed by atoms with Gasteiger partial charge < -0.3 is 5.73 Å². The molecule has 0 fully saturated rings. The van der Waals surface area contributed by atoms with E-state index in [1.165, 1.54) is 12.4 Å². The van der Waals surface area contributed by atoms with Crippen molar-refractivity contribution in [3.8, 4) is 0 Å². The van der Waals surface area contributed by atoms with Gasteiger partial charge in [0.05, 0.1) is 10.4 Å². The van der Waals surface area contributed by atoms with E-state index in [2.05, 4.69) is 9.97 Å². The first-order valence-electron chi connectivity index (χ1n) is 3.94. The van der Waals surface area contributed by atoms with Crippen molar-refractivity contribution >= 4 is 33.9 Å². The highest BCUT2D eigenvalue weighted by Crippen LogP contribution is 2.34. The number of halogens is 1. The summed E-state index contributed by atoms with van der Waals surface area (Å²) in [4.78, 5) is 17.7. The number of nitrogen functional groups attached to an aromatic ring is 1. The van der Waals surface area contributed by atoms with Crippen molar-refractivity contribution in [2.24, 2.45) is 0 Å². The zero-order valence-electron chi connectivity index (χ0n) is 7.35. The zero-order chi connectivity index (χ0) is 11.0. The van der Waals surface area contributed by atoms with Crippen LogP contribution in [-0.4, -0.2) is 14.9 Å². The molecule has 0 radical (unpaired) electrons. The molecule has 0 aliphatic rings. The van der Waals surface area contributed by atoms with Crippen LogP contribution in [0.1, 0.15) is 0 Å². The van der Waals surface area contributed by atoms with Crippen molar-refractivity contribution in [2.75, 3.05) is 5.73 Å². The fraction of sp³-hybridized carbons (Fsp3) is 0. The lowest BCUT2D eigenvalue weighted by Crippen LogP contribution is -1.99. The Labute approximate surface area is 88.8 Å². The summed E-state index contributed by atoms with van der Waals surface area (Å²) in [5.74, 6) is 0. The third-order valence-electron chi connectivity index (χ3n) is 1.94. The molecule has 0 saturated heterocycles. The van der Waals surface area contributed by atoms with Gasteiger partial charge in [-0.05, 0) is 6.07 Å². The van der Waals surface area contributed by atoms with Crippen LogP contribution in [0.2, 0.25) is 5.15 Å². The Morgan fingerprint density at radius 2 is 2.27 bits per heavy atom. The number of fused-ring (bicyclic) bond motifs is 1. The maximum Gasteiger partial charge on any atom is 0.329 e. The minimum Gasteiger partial charge on any atom is -0.392 e. The van der Waals surface area contributed by atoms with Gasteiger partial charge >= 0.3 is 5.69 Å². The predicted molar refractivity (Wildman–Crippen MR) is 55.6 cm³/mol. The summed E-state index contributed by atoms with van der Waals surface area (Å²) in [5.41, 5.74) is 5.71. The van der Waals surface area contributed by atoms with E-state index < -0.39 is 4.92 Å². The largest absolute Gasteiger partial charge is 0.392 e. The molecule has 2 N–H and O–H groups in total. The van der Waals surface area contributed by atoms with Crippen LogP contribution in [0, 0.1) is 10.1 Å². The lowest BCUT2D eigenvalue weighted by atomic mass is 10.2. The molecule has 0 aromatic carbocycles. The average Bonchev–Trinajstić information content (AvgIpc) is 2.17. The molecule has 7 heteroatoms. The van der Waals surface area contributed by atoms with Crippen LogP contribution in [0.4, 0.5) is 11.4 Å². The third kappa shape index (κ3) is 1.44. The number of aromatic nitrogens is 2. The standard InChI is InChI=1S/C8H5ClN4O2/c9-8-7(13(14)15)6(10)4-3-11-2-1-5(4)12-8/h1-3H,(H2,10,12). The quantitative estimate of drug-likeness (QED) is 0.453. The van der Waals surface area contributed by atoms with E-state index in [4.69, 9.17) is 17.3 Å². The molecule has 6 nitrogen and oxygen atoms in total. The molecule has 76 valence electrons. The number of anilines is 1. The number of nitrogens with two attached hydrogens (primary N) is 1. The van der Waals surface area contributed by atoms with Gasteiger partial charge in [-0.25, -0.2) is 4.98 Å². The highest BCUT2D eigenvalue weighted by Gasteiger charge is 2.21. The number of nitro groups is 1. The Bertz CT molecular complexity index is 558. The average molecular weight is 225 g/mol. The van der Waals surface area contributed by atoms with Crippen molar-refractivity contribution < 1.29 is 4.92 Å². The monoisotopic (exact) mass is 224 g/mol. The summed E-state index contributed by atoms with van der Waals surface area (Å²) in [6.45, 7) is 0. The summed E-state index contributed by atoms with van der Waals surface area (Å²) >= 11 is 5.65. The van der Waals surface area contributed by atoms with Crippen LogP contribution in [0.15, 0.2) is 18.5 Å². The minimum atomic E-state index is -0.656. The third-order valence-corrected chi connectivity index (χ3v) is 2.20. The predicted octanol–water partition coefficient (Wildman–Crippen LogP) is 1.77. The number of nitrogens with zero attached hydrogens (tertiary/aromatic N) is 3. The molecule has 0 saturated carbocycles. The topological polar surface area (TPSA) is 94.9 Å². The first-order valence-corrected chi connectivity index (χ1v) is 4.32. The van der Waals surface area contributed by atoms with Crippen LogP contribution >= 0.6 is 11.6 Å². The van der Waals surface area contributed by atoms with Gasteiger partial charge in [0, 0.05) is 17.8 Å². The van der Waals surface area contributed by atoms with E-state index in [1.807, 2.05) is 0 Å². The van der Waals surface area contributed by atoms with Crippen LogP contribution in [0.3, 0.4) is 0 Å². The van der Waals surface area contributed by atoms with Gasteiger partial charge in [-0.3, -0.25) is 15.1 Å². The van der Waals surface area contributed by atoms with Gasteiger partial charge in [0.1, 0.15) is 5.69 Å². The van der Waals surface area contributed by atoms with E-state index in [0.29, 0.717) is 10.9 Å². The summed E-state index contributed by atoms with van der Waals surface area (Å²) < 4.78 is 0.